The number of aliphatic hydroxyl groups excluding tert-OH is 6. The van der Waals surface area contributed by atoms with Gasteiger partial charge in [0.15, 0.2) is 42.6 Å². The van der Waals surface area contributed by atoms with Crippen LogP contribution in [-0.4, -0.2) is 190 Å². The minimum atomic E-state index is -1.89. The average molecular weight is 1210 g/mol. The Morgan fingerprint density at radius 1 is 0.788 bits per heavy atom. The van der Waals surface area contributed by atoms with E-state index in [0.29, 0.717) is 17.6 Å². The van der Waals surface area contributed by atoms with Crippen molar-refractivity contribution in [3.8, 4) is 0 Å². The first kappa shape index (κ1) is 65.7. The van der Waals surface area contributed by atoms with Gasteiger partial charge in [0.05, 0.1) is 69.0 Å². The lowest BCUT2D eigenvalue weighted by Gasteiger charge is -2.57. The highest BCUT2D eigenvalue weighted by Gasteiger charge is 2.64. The molecule has 5 saturated heterocycles. The van der Waals surface area contributed by atoms with Crippen molar-refractivity contribution in [3.05, 3.63) is 64.1 Å². The molecule has 5 aliphatic heterocycles. The highest BCUT2D eigenvalue weighted by molar-refractivity contribution is 6.26. The van der Waals surface area contributed by atoms with Gasteiger partial charge in [-0.2, -0.15) is 0 Å². The van der Waals surface area contributed by atoms with Crippen LogP contribution in [0.4, 0.5) is 4.79 Å². The second-order valence-electron chi connectivity index (χ2n) is 26.3. The molecule has 0 radical (unpaired) electrons. The van der Waals surface area contributed by atoms with Crippen molar-refractivity contribution >= 4 is 17.8 Å². The van der Waals surface area contributed by atoms with E-state index in [1.54, 1.807) is 46.8 Å². The summed E-state index contributed by atoms with van der Waals surface area (Å²) in [7, 11) is 2.66. The Bertz CT molecular complexity index is 2570. The SMILES string of the molecule is C=C1C(O)C[C@H](O[C@H]2C[C@](C)([NH+]([O-])O)[C@@H](NC(=O)OC)[C@@H](C)O2)/C(C)=C/[C@@H]2C=C(CO)[C@H](C)C[C@]23OC(=O)C(=C(O)[C@@]2(C)[C@H]4[C@H](C=C[C@@H]12)[C@@H](O[C@H]1C[C@@H](O[C@@H]2C[C@@H](C)[C@H](O[C@H]5C[C@@H](O)[C@@H](OC)[C@H](C)O5)[C@H](O)O2)[C@@H](O)[C@H](C)O1)[C@@H](C)C[C@@H]4C)C3=O. The van der Waals surface area contributed by atoms with E-state index in [4.69, 9.17) is 52.1 Å². The number of fused-ring (bicyclic) bond motifs is 4. The molecule has 29 atom stereocenters. The maximum absolute atomic E-state index is 15.6. The third-order valence-corrected chi connectivity index (χ3v) is 20.6. The Kier molecular flexibility index (Phi) is 19.8. The van der Waals surface area contributed by atoms with Crippen LogP contribution in [0.1, 0.15) is 114 Å². The number of alkyl carbamates (subject to hydrolysis) is 1. The van der Waals surface area contributed by atoms with Crippen molar-refractivity contribution in [2.75, 3.05) is 20.8 Å². The number of hydrogen-bond acceptors (Lipinski definition) is 22. The lowest BCUT2D eigenvalue weighted by molar-refractivity contribution is -1.09. The number of ether oxygens (including phenoxy) is 11. The maximum Gasteiger partial charge on any atom is 0.407 e. The monoisotopic (exact) mass is 1200 g/mol. The summed E-state index contributed by atoms with van der Waals surface area (Å²) in [5.41, 5.74) is -4.34. The smallest absolute Gasteiger partial charge is 0.407 e. The van der Waals surface area contributed by atoms with Gasteiger partial charge in [0.1, 0.15) is 35.7 Å². The number of hydrogen-bond donors (Lipinski definition) is 9. The van der Waals surface area contributed by atoms with Crippen molar-refractivity contribution < 1.29 is 108 Å². The molecule has 1 saturated carbocycles. The number of esters is 1. The van der Waals surface area contributed by atoms with E-state index in [9.17, 15) is 50.6 Å². The zero-order chi connectivity index (χ0) is 62.1. The maximum atomic E-state index is 15.6. The number of aliphatic hydroxyl groups is 6. The first-order valence-corrected chi connectivity index (χ1v) is 30.2. The van der Waals surface area contributed by atoms with E-state index in [-0.39, 0.29) is 68.5 Å². The molecule has 1 amide bonds. The first-order valence-electron chi connectivity index (χ1n) is 30.2. The Morgan fingerprint density at radius 3 is 2.08 bits per heavy atom. The number of quaternary nitrogens is 1. The summed E-state index contributed by atoms with van der Waals surface area (Å²) in [6.45, 7) is 21.9. The number of ketones is 1. The molecule has 0 aromatic heterocycles. The van der Waals surface area contributed by atoms with Gasteiger partial charge in [0, 0.05) is 62.4 Å². The molecule has 2 unspecified atom stereocenters. The Balaban J connectivity index is 1.01. The second-order valence-corrected chi connectivity index (χ2v) is 26.3. The molecule has 0 aromatic carbocycles. The largest absolute Gasteiger partial charge is 0.600 e. The summed E-state index contributed by atoms with van der Waals surface area (Å²) < 4.78 is 67.5. The standard InChI is InChI=1S/C61H92N2O22/c1-26-17-36-19-35(25-64)30(5)23-61(36)55(69)47(56(70)85-61)54(68)60(11)38(31(6)39(65)20-41(26)80-46-24-59(10,63(73)74)53(34(9)79-46)62-58(72)76-13)15-14-37-48(60)27(2)16-28(3)50(37)82-45-22-42(49(67)32(7)77-45)81-43-18-29(4)51(57(71)84-43)83-44-21-40(66)52(75-12)33(8)78-44/h14-15,17,19,27-30,32-34,36-46,48-53,57,63-68,71,73H,6,16,18,20-25H2,1-5,7-13H3,(H,62,72)/b26-17+,54-47?/t27-,28-,29+,30+,32-,33-,34+,36+,37-,38-,39?,40+,41-,42+,43-,44-,45-,46-,48+,49-,50-,51-,52-,53-,57+,59-,60+,61-/m0/s1. The minimum Gasteiger partial charge on any atom is -0.600 e. The van der Waals surface area contributed by atoms with Gasteiger partial charge in [-0.05, 0) is 87.3 Å². The van der Waals surface area contributed by atoms with Crippen molar-refractivity contribution in [3.63, 3.8) is 0 Å². The van der Waals surface area contributed by atoms with Crippen molar-refractivity contribution in [2.45, 2.75) is 230 Å². The van der Waals surface area contributed by atoms with Gasteiger partial charge < -0.3 is 93.3 Å². The van der Waals surface area contributed by atoms with Gasteiger partial charge in [-0.15, -0.1) is 0 Å². The normalized spacial score (nSPS) is 48.8. The third kappa shape index (κ3) is 12.2. The molecule has 4 aliphatic carbocycles. The number of Topliss-reactive ketones (excluding diaryl/α,β-unsaturated/α-hetero) is 1. The fraction of sp³-hybridized carbons (Fsp3) is 0.787. The summed E-state index contributed by atoms with van der Waals surface area (Å²) in [6, 6.07) is -1.04. The molecule has 6 fully saturated rings. The molecule has 478 valence electrons. The number of allylic oxidation sites excluding steroid dienone is 2. The van der Waals surface area contributed by atoms with Crippen LogP contribution in [-0.2, 0) is 61.7 Å². The van der Waals surface area contributed by atoms with E-state index in [1.807, 2.05) is 39.8 Å². The molecular weight excluding hydrogens is 1110 g/mol. The van der Waals surface area contributed by atoms with Gasteiger partial charge in [0.25, 0.3) is 0 Å². The average Bonchev–Trinajstić information content (AvgIpc) is 2.94. The van der Waals surface area contributed by atoms with Crippen molar-refractivity contribution in [1.29, 1.82) is 0 Å². The molecule has 2 bridgehead atoms. The molecule has 1 spiro atoms. The third-order valence-electron chi connectivity index (χ3n) is 20.6. The lowest BCUT2D eigenvalue weighted by Crippen LogP contribution is -3.17. The molecule has 24 nitrogen and oxygen atoms in total. The van der Waals surface area contributed by atoms with Crippen LogP contribution in [0.25, 0.3) is 0 Å². The number of carbonyl (C=O) groups is 3. The van der Waals surface area contributed by atoms with Crippen molar-refractivity contribution in [1.82, 2.24) is 5.32 Å². The molecule has 9 aliphatic rings. The molecule has 0 aromatic rings. The van der Waals surface area contributed by atoms with Gasteiger partial charge in [0.2, 0.25) is 5.78 Å². The van der Waals surface area contributed by atoms with Gasteiger partial charge in [-0.3, -0.25) is 4.79 Å². The molecule has 9 N–H and O–H groups in total. The fourth-order valence-electron chi connectivity index (χ4n) is 15.9. The van der Waals surface area contributed by atoms with Crippen LogP contribution < -0.4 is 10.5 Å². The Labute approximate surface area is 496 Å². The predicted molar refractivity (Wildman–Crippen MR) is 298 cm³/mol. The van der Waals surface area contributed by atoms with Gasteiger partial charge in [-0.25, -0.2) is 20.0 Å². The number of nitrogens with one attached hydrogen (secondary N) is 2. The number of amides is 1. The van der Waals surface area contributed by atoms with E-state index in [2.05, 4.69) is 11.9 Å². The van der Waals surface area contributed by atoms with Crippen LogP contribution >= 0.6 is 0 Å². The second kappa shape index (κ2) is 25.6. The number of hydroxylamine groups is 2. The van der Waals surface area contributed by atoms with Gasteiger partial charge in [-0.1, -0.05) is 65.5 Å². The molecule has 9 rings (SSSR count). The van der Waals surface area contributed by atoms with Crippen LogP contribution in [0, 0.1) is 58.0 Å². The number of carbonyl (C=O) groups excluding carboxylic acids is 3. The molecule has 85 heavy (non-hydrogen) atoms. The quantitative estimate of drug-likeness (QED) is 0.0586. The van der Waals surface area contributed by atoms with E-state index >= 15 is 4.79 Å². The fourth-order valence-corrected chi connectivity index (χ4v) is 15.9. The van der Waals surface area contributed by atoms with Gasteiger partial charge >= 0.3 is 12.1 Å². The van der Waals surface area contributed by atoms with Crippen molar-refractivity contribution in [2.24, 2.45) is 52.8 Å². The van der Waals surface area contributed by atoms with E-state index in [1.165, 1.54) is 14.0 Å². The topological polar surface area (TPSA) is 334 Å². The van der Waals surface area contributed by atoms with Crippen LogP contribution in [0.15, 0.2) is 58.9 Å². The predicted octanol–water partition coefficient (Wildman–Crippen LogP) is 3.24. The summed E-state index contributed by atoms with van der Waals surface area (Å²) in [6.07, 6.45) is -7.95. The first-order chi connectivity index (χ1) is 40.0. The van der Waals surface area contributed by atoms with E-state index < -0.39 is 185 Å². The van der Waals surface area contributed by atoms with Crippen LogP contribution in [0.5, 0.6) is 0 Å². The van der Waals surface area contributed by atoms with E-state index in [0.717, 1.165) is 7.11 Å². The number of methoxy groups -OCH3 is 2. The lowest BCUT2D eigenvalue weighted by atomic mass is 9.49. The number of rotatable bonds is 12. The zero-order valence-electron chi connectivity index (χ0n) is 50.9. The Morgan fingerprint density at radius 2 is 1.44 bits per heavy atom. The highest BCUT2D eigenvalue weighted by Crippen LogP contribution is 2.61. The summed E-state index contributed by atoms with van der Waals surface area (Å²) in [5, 5.41) is 95.0. The van der Waals surface area contributed by atoms with Crippen LogP contribution in [0.3, 0.4) is 0 Å². The molecule has 5 heterocycles. The summed E-state index contributed by atoms with van der Waals surface area (Å²) in [5.74, 6) is -6.48. The summed E-state index contributed by atoms with van der Waals surface area (Å²) in [4.78, 5) is 42.8. The Hall–Kier alpha value is -3.77. The molecule has 24 heteroatoms. The summed E-state index contributed by atoms with van der Waals surface area (Å²) >= 11 is 0. The van der Waals surface area contributed by atoms with Crippen LogP contribution in [0.2, 0.25) is 0 Å². The minimum absolute atomic E-state index is 0.0432. The highest BCUT2D eigenvalue weighted by atomic mass is 16.8. The molecular formula is C61H92N2O22. The zero-order valence-corrected chi connectivity index (χ0v) is 50.9.